The summed E-state index contributed by atoms with van der Waals surface area (Å²) < 4.78 is 0.759. The molecule has 0 unspecified atom stereocenters. The van der Waals surface area contributed by atoms with Crippen LogP contribution in [0, 0.1) is 6.92 Å². The summed E-state index contributed by atoms with van der Waals surface area (Å²) >= 11 is 3.36. The number of nitrogens with zero attached hydrogens (tertiary/aromatic N) is 1. The Morgan fingerprint density at radius 2 is 2.10 bits per heavy atom. The number of carbonyl (C=O) groups excluding carboxylic acids is 1. The lowest BCUT2D eigenvalue weighted by molar-refractivity contribution is 0.102. The summed E-state index contributed by atoms with van der Waals surface area (Å²) in [6.45, 7) is 4.88. The van der Waals surface area contributed by atoms with E-state index in [0.29, 0.717) is 11.3 Å². The number of rotatable bonds is 4. The van der Waals surface area contributed by atoms with E-state index >= 15 is 0 Å². The Bertz CT molecular complexity index is 628. The zero-order valence-electron chi connectivity index (χ0n) is 11.4. The Hall–Kier alpha value is -1.88. The summed E-state index contributed by atoms with van der Waals surface area (Å²) in [7, 11) is 0. The van der Waals surface area contributed by atoms with Crippen molar-refractivity contribution >= 4 is 33.2 Å². The molecule has 1 aromatic heterocycles. The number of halogens is 1. The predicted octanol–water partition coefficient (Wildman–Crippen LogP) is 3.84. The topological polar surface area (TPSA) is 54.0 Å². The molecule has 2 N–H and O–H groups in total. The third kappa shape index (κ3) is 3.36. The van der Waals surface area contributed by atoms with Gasteiger partial charge in [0.25, 0.3) is 5.91 Å². The Morgan fingerprint density at radius 1 is 1.30 bits per heavy atom. The van der Waals surface area contributed by atoms with Crippen LogP contribution in [0.15, 0.2) is 41.1 Å². The predicted molar refractivity (Wildman–Crippen MR) is 85.2 cm³/mol. The fourth-order valence-corrected chi connectivity index (χ4v) is 2.21. The van der Waals surface area contributed by atoms with Crippen molar-refractivity contribution < 1.29 is 4.79 Å². The zero-order chi connectivity index (χ0) is 14.5. The molecular weight excluding hydrogens is 318 g/mol. The van der Waals surface area contributed by atoms with E-state index < -0.39 is 0 Å². The minimum absolute atomic E-state index is 0.136. The second-order valence-corrected chi connectivity index (χ2v) is 5.22. The molecule has 1 amide bonds. The van der Waals surface area contributed by atoms with E-state index in [-0.39, 0.29) is 5.91 Å². The van der Waals surface area contributed by atoms with Gasteiger partial charge in [-0.1, -0.05) is 0 Å². The number of hydrogen-bond donors (Lipinski definition) is 2. The second kappa shape index (κ2) is 6.52. The van der Waals surface area contributed by atoms with Crippen molar-refractivity contribution in [3.05, 3.63) is 52.3 Å². The van der Waals surface area contributed by atoms with Gasteiger partial charge in [0.2, 0.25) is 0 Å². The smallest absolute Gasteiger partial charge is 0.255 e. The molecule has 0 aliphatic rings. The first-order chi connectivity index (χ1) is 9.61. The van der Waals surface area contributed by atoms with Gasteiger partial charge >= 0.3 is 0 Å². The van der Waals surface area contributed by atoms with Crippen molar-refractivity contribution in [2.75, 3.05) is 17.2 Å². The fourth-order valence-electron chi connectivity index (χ4n) is 1.86. The summed E-state index contributed by atoms with van der Waals surface area (Å²) in [4.78, 5) is 16.2. The van der Waals surface area contributed by atoms with Gasteiger partial charge in [-0.05, 0) is 59.6 Å². The standard InChI is InChI=1S/C15H16BrN3O/c1-3-18-13-5-4-11(8-10(13)2)15(20)19-14-6-7-17-9-12(14)16/h4-9,18H,3H2,1-2H3,(H,17,19,20). The fraction of sp³-hybridized carbons (Fsp3) is 0.200. The molecular formula is C15H16BrN3O. The quantitative estimate of drug-likeness (QED) is 0.893. The van der Waals surface area contributed by atoms with Crippen LogP contribution in [0.4, 0.5) is 11.4 Å². The molecule has 0 aliphatic carbocycles. The highest BCUT2D eigenvalue weighted by Crippen LogP contribution is 2.22. The maximum Gasteiger partial charge on any atom is 0.255 e. The molecule has 1 heterocycles. The van der Waals surface area contributed by atoms with Gasteiger partial charge in [0.1, 0.15) is 0 Å². The molecule has 0 spiro atoms. The number of aryl methyl sites for hydroxylation is 1. The second-order valence-electron chi connectivity index (χ2n) is 4.37. The Kier molecular flexibility index (Phi) is 4.74. The highest BCUT2D eigenvalue weighted by molar-refractivity contribution is 9.10. The molecule has 0 fully saturated rings. The lowest BCUT2D eigenvalue weighted by Crippen LogP contribution is -2.13. The van der Waals surface area contributed by atoms with E-state index in [0.717, 1.165) is 22.3 Å². The van der Waals surface area contributed by atoms with Crippen LogP contribution in [0.25, 0.3) is 0 Å². The lowest BCUT2D eigenvalue weighted by Gasteiger charge is -2.10. The molecule has 0 saturated heterocycles. The normalized spacial score (nSPS) is 10.2. The van der Waals surface area contributed by atoms with Crippen LogP contribution in [-0.2, 0) is 0 Å². The number of amides is 1. The largest absolute Gasteiger partial charge is 0.385 e. The van der Waals surface area contributed by atoms with Gasteiger partial charge < -0.3 is 10.6 Å². The molecule has 2 rings (SSSR count). The lowest BCUT2D eigenvalue weighted by atomic mass is 10.1. The molecule has 0 radical (unpaired) electrons. The highest BCUT2D eigenvalue weighted by atomic mass is 79.9. The maximum absolute atomic E-state index is 12.2. The van der Waals surface area contributed by atoms with Crippen LogP contribution in [-0.4, -0.2) is 17.4 Å². The van der Waals surface area contributed by atoms with Crippen LogP contribution >= 0.6 is 15.9 Å². The number of nitrogens with one attached hydrogen (secondary N) is 2. The van der Waals surface area contributed by atoms with Crippen LogP contribution < -0.4 is 10.6 Å². The first-order valence-corrected chi connectivity index (χ1v) is 7.16. The molecule has 4 nitrogen and oxygen atoms in total. The van der Waals surface area contributed by atoms with Gasteiger partial charge in [-0.2, -0.15) is 0 Å². The number of carbonyl (C=O) groups is 1. The molecule has 2 aromatic rings. The summed E-state index contributed by atoms with van der Waals surface area (Å²) in [5.41, 5.74) is 3.44. The van der Waals surface area contributed by atoms with Gasteiger partial charge in [0.15, 0.2) is 0 Å². The van der Waals surface area contributed by atoms with Crippen LogP contribution in [0.5, 0.6) is 0 Å². The molecule has 1 aromatic carbocycles. The van der Waals surface area contributed by atoms with Crippen molar-refractivity contribution in [3.8, 4) is 0 Å². The van der Waals surface area contributed by atoms with E-state index in [9.17, 15) is 4.79 Å². The van der Waals surface area contributed by atoms with Crippen LogP contribution in [0.2, 0.25) is 0 Å². The van der Waals surface area contributed by atoms with Gasteiger partial charge in [-0.15, -0.1) is 0 Å². The van der Waals surface area contributed by atoms with E-state index in [1.165, 1.54) is 0 Å². The van der Waals surface area contributed by atoms with E-state index in [4.69, 9.17) is 0 Å². The number of benzene rings is 1. The first kappa shape index (κ1) is 14.5. The Morgan fingerprint density at radius 3 is 2.75 bits per heavy atom. The van der Waals surface area contributed by atoms with E-state index in [2.05, 4.69) is 31.5 Å². The van der Waals surface area contributed by atoms with Crippen LogP contribution in [0.3, 0.4) is 0 Å². The SMILES string of the molecule is CCNc1ccc(C(=O)Nc2ccncc2Br)cc1C. The third-order valence-corrected chi connectivity index (χ3v) is 3.51. The summed E-state index contributed by atoms with van der Waals surface area (Å²) in [6.07, 6.45) is 3.29. The minimum atomic E-state index is -0.136. The average molecular weight is 334 g/mol. The Labute approximate surface area is 126 Å². The van der Waals surface area contributed by atoms with Gasteiger partial charge in [0, 0.05) is 30.2 Å². The van der Waals surface area contributed by atoms with Crippen molar-refractivity contribution in [1.82, 2.24) is 4.98 Å². The van der Waals surface area contributed by atoms with E-state index in [1.807, 2.05) is 32.0 Å². The maximum atomic E-state index is 12.2. The van der Waals surface area contributed by atoms with Gasteiger partial charge in [-0.25, -0.2) is 0 Å². The molecule has 104 valence electrons. The van der Waals surface area contributed by atoms with Gasteiger partial charge in [0.05, 0.1) is 10.2 Å². The van der Waals surface area contributed by atoms with Crippen LogP contribution in [0.1, 0.15) is 22.8 Å². The average Bonchev–Trinajstić information content (AvgIpc) is 2.43. The Balaban J connectivity index is 2.18. The number of hydrogen-bond acceptors (Lipinski definition) is 3. The van der Waals surface area contributed by atoms with Crippen molar-refractivity contribution in [1.29, 1.82) is 0 Å². The van der Waals surface area contributed by atoms with E-state index in [1.54, 1.807) is 18.5 Å². The molecule has 0 saturated carbocycles. The number of aromatic nitrogens is 1. The van der Waals surface area contributed by atoms with Crippen molar-refractivity contribution in [2.45, 2.75) is 13.8 Å². The first-order valence-electron chi connectivity index (χ1n) is 6.37. The number of pyridine rings is 1. The van der Waals surface area contributed by atoms with Gasteiger partial charge in [-0.3, -0.25) is 9.78 Å². The molecule has 5 heteroatoms. The minimum Gasteiger partial charge on any atom is -0.385 e. The summed E-state index contributed by atoms with van der Waals surface area (Å²) in [5, 5.41) is 6.11. The third-order valence-electron chi connectivity index (χ3n) is 2.88. The molecule has 0 aliphatic heterocycles. The molecule has 20 heavy (non-hydrogen) atoms. The summed E-state index contributed by atoms with van der Waals surface area (Å²) in [6, 6.07) is 7.37. The number of anilines is 2. The zero-order valence-corrected chi connectivity index (χ0v) is 13.0. The highest BCUT2D eigenvalue weighted by Gasteiger charge is 2.09. The van der Waals surface area contributed by atoms with Crippen molar-refractivity contribution in [2.24, 2.45) is 0 Å². The molecule has 0 atom stereocenters. The summed E-state index contributed by atoms with van der Waals surface area (Å²) in [5.74, 6) is -0.136. The van der Waals surface area contributed by atoms with Crippen molar-refractivity contribution in [3.63, 3.8) is 0 Å². The molecule has 0 bridgehead atoms. The monoisotopic (exact) mass is 333 g/mol.